The van der Waals surface area contributed by atoms with Crippen molar-refractivity contribution in [3.05, 3.63) is 57.1 Å². The number of benzene rings is 1. The van der Waals surface area contributed by atoms with Crippen LogP contribution in [0.15, 0.2) is 29.1 Å². The molecule has 8 nitrogen and oxygen atoms in total. The first kappa shape index (κ1) is 14.4. The number of anilines is 1. The van der Waals surface area contributed by atoms with E-state index in [-0.39, 0.29) is 16.8 Å². The van der Waals surface area contributed by atoms with Crippen molar-refractivity contribution in [3.63, 3.8) is 0 Å². The molecule has 2 amide bonds. The van der Waals surface area contributed by atoms with Gasteiger partial charge in [0.25, 0.3) is 17.4 Å². The fraction of sp³-hybridized carbons (Fsp3) is 0. The number of carboxylic acids is 1. The molecule has 0 fully saturated rings. The van der Waals surface area contributed by atoms with E-state index in [0.29, 0.717) is 4.57 Å². The molecule has 1 aromatic heterocycles. The van der Waals surface area contributed by atoms with E-state index in [4.69, 9.17) is 10.8 Å². The number of nitrogens with zero attached hydrogens (tertiary/aromatic N) is 1. The number of hydrogen-bond acceptors (Lipinski definition) is 5. The van der Waals surface area contributed by atoms with E-state index in [1.165, 1.54) is 12.1 Å². The minimum atomic E-state index is -1.61. The normalized spacial score (nSPS) is 12.9. The number of pyridine rings is 1. The summed E-state index contributed by atoms with van der Waals surface area (Å²) in [7, 11) is 0. The predicted octanol–water partition coefficient (Wildman–Crippen LogP) is 0.141. The first-order chi connectivity index (χ1) is 10.8. The maximum atomic E-state index is 13.8. The topological polar surface area (TPSA) is 131 Å². The third-order valence-corrected chi connectivity index (χ3v) is 3.40. The number of carboxylic acid groups (broad SMARTS) is 1. The van der Waals surface area contributed by atoms with Gasteiger partial charge in [-0.25, -0.2) is 9.18 Å². The Hall–Kier alpha value is -3.49. The molecule has 0 aliphatic carbocycles. The standard InChI is InChI=1S/C14H8FN3O5/c15-6-2-1-3-7(10(6)14(22)23)18-8(19)4-5-9(11(18)16)13(21)17-12(5)20/h1-4H,16H2,(H,22,23)(H,17,20,21). The van der Waals surface area contributed by atoms with Crippen LogP contribution < -0.4 is 16.6 Å². The highest BCUT2D eigenvalue weighted by Gasteiger charge is 2.32. The number of hydrogen-bond donors (Lipinski definition) is 3. The first-order valence-corrected chi connectivity index (χ1v) is 6.26. The summed E-state index contributed by atoms with van der Waals surface area (Å²) in [6.45, 7) is 0. The predicted molar refractivity (Wildman–Crippen MR) is 75.2 cm³/mol. The van der Waals surface area contributed by atoms with Gasteiger partial charge in [-0.2, -0.15) is 0 Å². The van der Waals surface area contributed by atoms with Gasteiger partial charge >= 0.3 is 5.97 Å². The van der Waals surface area contributed by atoms with Crippen molar-refractivity contribution >= 4 is 23.6 Å². The van der Waals surface area contributed by atoms with Crippen LogP contribution >= 0.6 is 0 Å². The van der Waals surface area contributed by atoms with E-state index < -0.39 is 40.5 Å². The molecule has 1 aromatic carbocycles. The van der Waals surface area contributed by atoms with Crippen molar-refractivity contribution in [1.82, 2.24) is 9.88 Å². The molecule has 116 valence electrons. The van der Waals surface area contributed by atoms with Gasteiger partial charge in [0.05, 0.1) is 16.8 Å². The molecule has 0 bridgehead atoms. The minimum absolute atomic E-state index is 0.206. The summed E-state index contributed by atoms with van der Waals surface area (Å²) in [5.41, 5.74) is 3.34. The number of halogens is 1. The molecule has 0 radical (unpaired) electrons. The maximum Gasteiger partial charge on any atom is 0.340 e. The van der Waals surface area contributed by atoms with Crippen LogP contribution in [0.4, 0.5) is 10.2 Å². The number of nitrogen functional groups attached to an aromatic ring is 1. The van der Waals surface area contributed by atoms with Crippen molar-refractivity contribution in [2.75, 3.05) is 5.73 Å². The summed E-state index contributed by atoms with van der Waals surface area (Å²) in [5.74, 6) is -4.71. The van der Waals surface area contributed by atoms with Gasteiger partial charge in [0.15, 0.2) is 0 Å². The van der Waals surface area contributed by atoms with Crippen LogP contribution in [0.5, 0.6) is 0 Å². The molecule has 0 unspecified atom stereocenters. The lowest BCUT2D eigenvalue weighted by molar-refractivity contribution is 0.0691. The Kier molecular flexibility index (Phi) is 2.99. The average Bonchev–Trinajstić information content (AvgIpc) is 2.73. The van der Waals surface area contributed by atoms with E-state index in [9.17, 15) is 23.6 Å². The number of rotatable bonds is 2. The lowest BCUT2D eigenvalue weighted by Crippen LogP contribution is -2.26. The van der Waals surface area contributed by atoms with Crippen LogP contribution in [0.25, 0.3) is 5.69 Å². The van der Waals surface area contributed by atoms with Crippen LogP contribution in [-0.4, -0.2) is 27.5 Å². The molecule has 23 heavy (non-hydrogen) atoms. The van der Waals surface area contributed by atoms with E-state index >= 15 is 0 Å². The lowest BCUT2D eigenvalue weighted by Gasteiger charge is -2.14. The fourth-order valence-electron chi connectivity index (χ4n) is 2.44. The van der Waals surface area contributed by atoms with Gasteiger partial charge in [-0.1, -0.05) is 6.07 Å². The maximum absolute atomic E-state index is 13.8. The molecule has 2 aromatic rings. The van der Waals surface area contributed by atoms with Crippen molar-refractivity contribution in [3.8, 4) is 5.69 Å². The first-order valence-electron chi connectivity index (χ1n) is 6.26. The van der Waals surface area contributed by atoms with E-state index in [0.717, 1.165) is 12.1 Å². The zero-order chi connectivity index (χ0) is 16.9. The van der Waals surface area contributed by atoms with Crippen LogP contribution in [0.3, 0.4) is 0 Å². The molecule has 9 heteroatoms. The number of carbonyl (C=O) groups excluding carboxylic acids is 2. The van der Waals surface area contributed by atoms with Crippen LogP contribution in [0, 0.1) is 5.82 Å². The number of imide groups is 1. The molecule has 2 heterocycles. The van der Waals surface area contributed by atoms with E-state index in [1.807, 2.05) is 5.32 Å². The molecule has 1 aliphatic rings. The fourth-order valence-corrected chi connectivity index (χ4v) is 2.44. The largest absolute Gasteiger partial charge is 0.478 e. The number of fused-ring (bicyclic) bond motifs is 1. The minimum Gasteiger partial charge on any atom is -0.478 e. The Bertz CT molecular complexity index is 964. The number of nitrogens with two attached hydrogens (primary N) is 1. The second kappa shape index (κ2) is 4.77. The van der Waals surface area contributed by atoms with E-state index in [1.54, 1.807) is 0 Å². The van der Waals surface area contributed by atoms with Gasteiger partial charge in [-0.3, -0.25) is 24.3 Å². The number of amides is 2. The zero-order valence-corrected chi connectivity index (χ0v) is 11.3. The Morgan fingerprint density at radius 3 is 2.57 bits per heavy atom. The smallest absolute Gasteiger partial charge is 0.340 e. The van der Waals surface area contributed by atoms with Crippen LogP contribution in [0.2, 0.25) is 0 Å². The number of carbonyl (C=O) groups is 3. The highest BCUT2D eigenvalue weighted by molar-refractivity contribution is 6.23. The Morgan fingerprint density at radius 2 is 1.91 bits per heavy atom. The van der Waals surface area contributed by atoms with Gasteiger partial charge in [0.2, 0.25) is 0 Å². The van der Waals surface area contributed by atoms with Crippen molar-refractivity contribution < 1.29 is 23.9 Å². The third kappa shape index (κ3) is 1.98. The molecular weight excluding hydrogens is 309 g/mol. The number of nitrogens with one attached hydrogen (secondary N) is 1. The Morgan fingerprint density at radius 1 is 1.22 bits per heavy atom. The van der Waals surface area contributed by atoms with Gasteiger partial charge in [0, 0.05) is 6.07 Å². The lowest BCUT2D eigenvalue weighted by atomic mass is 10.1. The van der Waals surface area contributed by atoms with Gasteiger partial charge in [0.1, 0.15) is 17.2 Å². The van der Waals surface area contributed by atoms with Gasteiger partial charge in [-0.05, 0) is 12.1 Å². The highest BCUT2D eigenvalue weighted by Crippen LogP contribution is 2.25. The number of aromatic carboxylic acids is 1. The zero-order valence-electron chi connectivity index (χ0n) is 11.3. The Balaban J connectivity index is 2.41. The second-order valence-electron chi connectivity index (χ2n) is 4.71. The Labute approximate surface area is 127 Å². The quantitative estimate of drug-likeness (QED) is 0.675. The van der Waals surface area contributed by atoms with E-state index in [2.05, 4.69) is 0 Å². The van der Waals surface area contributed by atoms with Crippen molar-refractivity contribution in [1.29, 1.82) is 0 Å². The summed E-state index contributed by atoms with van der Waals surface area (Å²) in [6, 6.07) is 4.13. The monoisotopic (exact) mass is 317 g/mol. The summed E-state index contributed by atoms with van der Waals surface area (Å²) in [4.78, 5) is 46.8. The molecular formula is C14H8FN3O5. The molecule has 0 spiro atoms. The number of aromatic nitrogens is 1. The summed E-state index contributed by atoms with van der Waals surface area (Å²) in [5, 5.41) is 11.1. The molecule has 1 aliphatic heterocycles. The van der Waals surface area contributed by atoms with Crippen molar-refractivity contribution in [2.24, 2.45) is 0 Å². The highest BCUT2D eigenvalue weighted by atomic mass is 19.1. The molecule has 0 saturated heterocycles. The van der Waals surface area contributed by atoms with Gasteiger partial charge < -0.3 is 10.8 Å². The summed E-state index contributed by atoms with van der Waals surface area (Å²) in [6.07, 6.45) is 0. The molecule has 4 N–H and O–H groups in total. The van der Waals surface area contributed by atoms with Gasteiger partial charge in [-0.15, -0.1) is 0 Å². The molecule has 0 atom stereocenters. The summed E-state index contributed by atoms with van der Waals surface area (Å²) < 4.78 is 14.5. The average molecular weight is 317 g/mol. The third-order valence-electron chi connectivity index (χ3n) is 3.40. The molecule has 3 rings (SSSR count). The summed E-state index contributed by atoms with van der Waals surface area (Å²) >= 11 is 0. The SMILES string of the molecule is Nc1c2c(cc(=O)n1-c1cccc(F)c1C(=O)O)C(=O)NC2=O. The molecule has 0 saturated carbocycles. The van der Waals surface area contributed by atoms with Crippen molar-refractivity contribution in [2.45, 2.75) is 0 Å². The van der Waals surface area contributed by atoms with Crippen LogP contribution in [0.1, 0.15) is 31.1 Å². The van der Waals surface area contributed by atoms with Crippen LogP contribution in [-0.2, 0) is 0 Å². The second-order valence-corrected chi connectivity index (χ2v) is 4.71.